The van der Waals surface area contributed by atoms with Crippen LogP contribution < -0.4 is 0 Å². The molecular weight excluding hydrogens is 238 g/mol. The van der Waals surface area contributed by atoms with Gasteiger partial charge in [0.1, 0.15) is 4.90 Å². The van der Waals surface area contributed by atoms with Gasteiger partial charge in [-0.05, 0) is 38.5 Å². The summed E-state index contributed by atoms with van der Waals surface area (Å²) in [5.74, 6) is 0. The maximum Gasteiger partial charge on any atom is 0.358 e. The van der Waals surface area contributed by atoms with Crippen molar-refractivity contribution in [1.29, 1.82) is 0 Å². The molecule has 0 N–H and O–H groups in total. The van der Waals surface area contributed by atoms with Crippen molar-refractivity contribution >= 4 is 21.4 Å². The van der Waals surface area contributed by atoms with E-state index in [0.717, 1.165) is 11.1 Å². The fourth-order valence-corrected chi connectivity index (χ4v) is 1.88. The maximum absolute atomic E-state index is 11.7. The summed E-state index contributed by atoms with van der Waals surface area (Å²) >= 11 is 0. The van der Waals surface area contributed by atoms with E-state index in [4.69, 9.17) is 0 Å². The van der Waals surface area contributed by atoms with Crippen molar-refractivity contribution in [1.82, 2.24) is 0 Å². The second-order valence-corrected chi connectivity index (χ2v) is 5.40. The minimum atomic E-state index is -3.81. The predicted octanol–water partition coefficient (Wildman–Crippen LogP) is 2.82. The largest absolute Gasteiger partial charge is 0.358 e. The number of allylic oxidation sites excluding steroid dienone is 1. The van der Waals surface area contributed by atoms with Crippen LogP contribution in [0.4, 0.5) is 0 Å². The van der Waals surface area contributed by atoms with E-state index in [9.17, 15) is 8.42 Å². The first kappa shape index (κ1) is 13.4. The second-order valence-electron chi connectivity index (χ2n) is 3.87. The molecule has 0 aliphatic heterocycles. The summed E-state index contributed by atoms with van der Waals surface area (Å²) in [5, 5.41) is 3.44. The van der Waals surface area contributed by atoms with Crippen LogP contribution in [0.1, 0.15) is 26.3 Å². The molecule has 4 nitrogen and oxygen atoms in total. The molecule has 92 valence electrons. The number of rotatable bonds is 4. The van der Waals surface area contributed by atoms with Crippen LogP contribution in [0, 0.1) is 0 Å². The van der Waals surface area contributed by atoms with Crippen LogP contribution in [-0.4, -0.2) is 14.1 Å². The van der Waals surface area contributed by atoms with Gasteiger partial charge < -0.3 is 0 Å². The van der Waals surface area contributed by atoms with E-state index in [1.807, 2.05) is 6.92 Å². The quantitative estimate of drug-likeness (QED) is 0.612. The smallest absolute Gasteiger partial charge is 0.265 e. The molecule has 1 aromatic rings. The zero-order chi connectivity index (χ0) is 13.1. The van der Waals surface area contributed by atoms with E-state index in [2.05, 4.69) is 16.0 Å². The van der Waals surface area contributed by atoms with Crippen LogP contribution >= 0.6 is 0 Å². The van der Waals surface area contributed by atoms with Gasteiger partial charge in [0.15, 0.2) is 0 Å². The molecule has 1 rings (SSSR count). The predicted molar refractivity (Wildman–Crippen MR) is 68.2 cm³/mol. The lowest BCUT2D eigenvalue weighted by Gasteiger charge is -2.03. The Morgan fingerprint density at radius 1 is 1.18 bits per heavy atom. The van der Waals surface area contributed by atoms with E-state index >= 15 is 0 Å². The van der Waals surface area contributed by atoms with Crippen LogP contribution in [-0.2, 0) is 14.4 Å². The molecule has 0 aromatic heterocycles. The number of oxime groups is 1. The Balaban J connectivity index is 3.00. The van der Waals surface area contributed by atoms with Crippen LogP contribution in [0.2, 0.25) is 0 Å². The van der Waals surface area contributed by atoms with Crippen molar-refractivity contribution in [2.45, 2.75) is 25.7 Å². The van der Waals surface area contributed by atoms with Crippen molar-refractivity contribution in [3.8, 4) is 0 Å². The van der Waals surface area contributed by atoms with Gasteiger partial charge in [0, 0.05) is 0 Å². The van der Waals surface area contributed by atoms with Crippen molar-refractivity contribution < 1.29 is 12.7 Å². The molecule has 0 atom stereocenters. The fourth-order valence-electron chi connectivity index (χ4n) is 1.07. The average molecular weight is 253 g/mol. The van der Waals surface area contributed by atoms with Crippen molar-refractivity contribution in [2.75, 3.05) is 0 Å². The molecule has 1 aromatic carbocycles. The summed E-state index contributed by atoms with van der Waals surface area (Å²) in [5.41, 5.74) is 2.29. The lowest BCUT2D eigenvalue weighted by atomic mass is 10.1. The molecule has 0 bridgehead atoms. The Labute approximate surface area is 102 Å². The first-order valence-corrected chi connectivity index (χ1v) is 6.44. The van der Waals surface area contributed by atoms with E-state index in [1.54, 1.807) is 26.0 Å². The normalized spacial score (nSPS) is 10.8. The zero-order valence-electron chi connectivity index (χ0n) is 10.1. The van der Waals surface area contributed by atoms with E-state index < -0.39 is 10.1 Å². The summed E-state index contributed by atoms with van der Waals surface area (Å²) in [6.07, 6.45) is 0. The van der Waals surface area contributed by atoms with Gasteiger partial charge in [-0.3, -0.25) is 4.28 Å². The first-order valence-electron chi connectivity index (χ1n) is 5.04. The Morgan fingerprint density at radius 2 is 1.71 bits per heavy atom. The van der Waals surface area contributed by atoms with Gasteiger partial charge in [-0.15, -0.1) is 0 Å². The van der Waals surface area contributed by atoms with Crippen molar-refractivity contribution in [3.63, 3.8) is 0 Å². The van der Waals surface area contributed by atoms with Gasteiger partial charge in [0.05, 0.1) is 5.71 Å². The molecule has 5 heteroatoms. The maximum atomic E-state index is 11.7. The van der Waals surface area contributed by atoms with E-state index in [1.165, 1.54) is 12.1 Å². The molecule has 0 heterocycles. The number of benzene rings is 1. The summed E-state index contributed by atoms with van der Waals surface area (Å²) in [6, 6.07) is 6.31. The van der Waals surface area contributed by atoms with Gasteiger partial charge in [-0.2, -0.15) is 8.42 Å². The summed E-state index contributed by atoms with van der Waals surface area (Å²) in [7, 11) is -3.81. The van der Waals surface area contributed by atoms with Crippen LogP contribution in [0.25, 0.3) is 5.57 Å². The van der Waals surface area contributed by atoms with E-state index in [0.29, 0.717) is 5.71 Å². The molecule has 0 fully saturated rings. The third-order valence-electron chi connectivity index (χ3n) is 1.95. The average Bonchev–Trinajstić information content (AvgIpc) is 2.27. The lowest BCUT2D eigenvalue weighted by molar-refractivity contribution is 0.338. The molecule has 0 aliphatic rings. The number of hydrogen-bond acceptors (Lipinski definition) is 4. The van der Waals surface area contributed by atoms with Gasteiger partial charge >= 0.3 is 10.1 Å². The van der Waals surface area contributed by atoms with Crippen molar-refractivity contribution in [2.24, 2.45) is 5.16 Å². The Bertz CT molecular complexity index is 538. The van der Waals surface area contributed by atoms with Crippen LogP contribution in [0.5, 0.6) is 0 Å². The Morgan fingerprint density at radius 3 is 2.12 bits per heavy atom. The monoisotopic (exact) mass is 253 g/mol. The lowest BCUT2D eigenvalue weighted by Crippen LogP contribution is -2.03. The minimum Gasteiger partial charge on any atom is -0.265 e. The summed E-state index contributed by atoms with van der Waals surface area (Å²) in [4.78, 5) is 0.0764. The molecule has 17 heavy (non-hydrogen) atoms. The van der Waals surface area contributed by atoms with E-state index in [-0.39, 0.29) is 4.90 Å². The highest BCUT2D eigenvalue weighted by molar-refractivity contribution is 7.86. The molecule has 0 amide bonds. The third-order valence-corrected chi connectivity index (χ3v) is 3.07. The standard InChI is InChI=1S/C12H15NO3S/c1-9(2)11-5-7-12(8-6-11)17(14,15)16-13-10(3)4/h5-8H,1H2,2-4H3. The number of hydrogen-bond donors (Lipinski definition) is 0. The van der Waals surface area contributed by atoms with Gasteiger partial charge in [0.2, 0.25) is 0 Å². The molecular formula is C12H15NO3S. The SMILES string of the molecule is C=C(C)c1ccc(S(=O)(=O)ON=C(C)C)cc1. The Hall–Kier alpha value is -1.62. The van der Waals surface area contributed by atoms with Gasteiger partial charge in [-0.1, -0.05) is 29.4 Å². The molecule has 0 saturated heterocycles. The third kappa shape index (κ3) is 3.71. The highest BCUT2D eigenvalue weighted by atomic mass is 32.2. The minimum absolute atomic E-state index is 0.0764. The topological polar surface area (TPSA) is 55.7 Å². The fraction of sp³-hybridized carbons (Fsp3) is 0.250. The van der Waals surface area contributed by atoms with Gasteiger partial charge in [0.25, 0.3) is 0 Å². The first-order chi connectivity index (χ1) is 7.83. The molecule has 0 radical (unpaired) electrons. The Kier molecular flexibility index (Phi) is 4.07. The zero-order valence-corrected chi connectivity index (χ0v) is 10.9. The molecule has 0 unspecified atom stereocenters. The number of nitrogens with zero attached hydrogens (tertiary/aromatic N) is 1. The summed E-state index contributed by atoms with van der Waals surface area (Å²) < 4.78 is 27.8. The highest BCUT2D eigenvalue weighted by Crippen LogP contribution is 2.17. The second kappa shape index (κ2) is 5.14. The van der Waals surface area contributed by atoms with Crippen LogP contribution in [0.3, 0.4) is 0 Å². The highest BCUT2D eigenvalue weighted by Gasteiger charge is 2.15. The summed E-state index contributed by atoms with van der Waals surface area (Å²) in [6.45, 7) is 8.93. The van der Waals surface area contributed by atoms with Crippen LogP contribution in [0.15, 0.2) is 40.9 Å². The van der Waals surface area contributed by atoms with Gasteiger partial charge in [-0.25, -0.2) is 0 Å². The molecule has 0 saturated carbocycles. The molecule has 0 spiro atoms. The van der Waals surface area contributed by atoms with Crippen molar-refractivity contribution in [3.05, 3.63) is 36.4 Å². The molecule has 0 aliphatic carbocycles.